The molecule has 10 heteroatoms. The zero-order valence-corrected chi connectivity index (χ0v) is 19.9. The number of nitrogens with one attached hydrogen (secondary N) is 2. The molecule has 0 spiro atoms. The number of hydrogen-bond acceptors (Lipinski definition) is 6. The molecule has 1 aliphatic carbocycles. The van der Waals surface area contributed by atoms with E-state index in [9.17, 15) is 14.4 Å². The highest BCUT2D eigenvalue weighted by Gasteiger charge is 2.41. The van der Waals surface area contributed by atoms with E-state index in [-0.39, 0.29) is 23.9 Å². The topological polar surface area (TPSA) is 130 Å². The highest BCUT2D eigenvalue weighted by atomic mass is 16.5. The Morgan fingerprint density at radius 1 is 1.03 bits per heavy atom. The molecule has 4 N–H and O–H groups in total. The van der Waals surface area contributed by atoms with Gasteiger partial charge in [0, 0.05) is 43.3 Å². The van der Waals surface area contributed by atoms with Gasteiger partial charge in [-0.05, 0) is 68.5 Å². The van der Waals surface area contributed by atoms with Gasteiger partial charge in [0.1, 0.15) is 5.75 Å². The van der Waals surface area contributed by atoms with Gasteiger partial charge in [-0.2, -0.15) is 0 Å². The number of amides is 4. The van der Waals surface area contributed by atoms with Crippen LogP contribution in [0.1, 0.15) is 42.5 Å². The van der Waals surface area contributed by atoms with Crippen LogP contribution in [0.15, 0.2) is 48.8 Å². The minimum absolute atomic E-state index is 0.0360. The number of anilines is 1. The highest BCUT2D eigenvalue weighted by Crippen LogP contribution is 2.23. The van der Waals surface area contributed by atoms with Gasteiger partial charge in [-0.15, -0.1) is 0 Å². The summed E-state index contributed by atoms with van der Waals surface area (Å²) >= 11 is 0. The minimum atomic E-state index is -1.08. The predicted octanol–water partition coefficient (Wildman–Crippen LogP) is 2.18. The molecule has 1 aromatic heterocycles. The Morgan fingerprint density at radius 2 is 1.74 bits per heavy atom. The van der Waals surface area contributed by atoms with Crippen molar-refractivity contribution in [2.45, 2.75) is 50.4 Å². The maximum atomic E-state index is 13.6. The van der Waals surface area contributed by atoms with Crippen LogP contribution in [-0.4, -0.2) is 71.1 Å². The van der Waals surface area contributed by atoms with E-state index in [1.165, 1.54) is 16.0 Å². The Balaban J connectivity index is 1.56. The van der Waals surface area contributed by atoms with Crippen LogP contribution in [0.4, 0.5) is 10.5 Å². The van der Waals surface area contributed by atoms with Crippen molar-refractivity contribution < 1.29 is 19.1 Å². The first-order chi connectivity index (χ1) is 17.0. The van der Waals surface area contributed by atoms with Gasteiger partial charge in [-0.1, -0.05) is 0 Å². The second-order valence-electron chi connectivity index (χ2n) is 8.94. The Labute approximate surface area is 204 Å². The fourth-order valence-corrected chi connectivity index (χ4v) is 4.60. The summed E-state index contributed by atoms with van der Waals surface area (Å²) in [6.45, 7) is 0.695. The second-order valence-corrected chi connectivity index (χ2v) is 8.94. The van der Waals surface area contributed by atoms with Gasteiger partial charge in [0.25, 0.3) is 11.8 Å². The molecule has 2 heterocycles. The number of hydrogen-bond donors (Lipinski definition) is 3. The number of nitrogens with two attached hydrogens (primary N) is 1. The summed E-state index contributed by atoms with van der Waals surface area (Å²) in [5, 5.41) is 5.91. The molecular formula is C25H32N6O4. The lowest BCUT2D eigenvalue weighted by molar-refractivity contribution is -0.133. The number of rotatable bonds is 5. The molecule has 0 radical (unpaired) electrons. The Bertz CT molecular complexity index is 1020. The van der Waals surface area contributed by atoms with Gasteiger partial charge < -0.3 is 26.0 Å². The van der Waals surface area contributed by atoms with E-state index in [2.05, 4.69) is 15.6 Å². The number of methoxy groups -OCH3 is 1. The Hall–Kier alpha value is -3.66. The number of pyridine rings is 1. The van der Waals surface area contributed by atoms with Crippen molar-refractivity contribution in [3.05, 3.63) is 54.4 Å². The number of ether oxygens (including phenoxy) is 1. The van der Waals surface area contributed by atoms with Crippen LogP contribution in [0, 0.1) is 0 Å². The third kappa shape index (κ3) is 5.89. The van der Waals surface area contributed by atoms with E-state index in [1.54, 1.807) is 49.7 Å². The van der Waals surface area contributed by atoms with Crippen LogP contribution >= 0.6 is 0 Å². The molecule has 35 heavy (non-hydrogen) atoms. The van der Waals surface area contributed by atoms with Gasteiger partial charge in [0.15, 0.2) is 6.17 Å². The summed E-state index contributed by atoms with van der Waals surface area (Å²) in [5.41, 5.74) is 6.94. The number of urea groups is 1. The maximum absolute atomic E-state index is 13.6. The molecular weight excluding hydrogens is 448 g/mol. The number of aromatic nitrogens is 1. The Kier molecular flexibility index (Phi) is 7.81. The molecule has 1 saturated carbocycles. The first kappa shape index (κ1) is 24.5. The Morgan fingerprint density at radius 3 is 2.40 bits per heavy atom. The average molecular weight is 481 g/mol. The second kappa shape index (κ2) is 11.2. The minimum Gasteiger partial charge on any atom is -0.497 e. The largest absolute Gasteiger partial charge is 0.497 e. The number of carbonyl (C=O) groups excluding carboxylic acids is 3. The summed E-state index contributed by atoms with van der Waals surface area (Å²) in [6.07, 6.45) is 5.72. The van der Waals surface area contributed by atoms with Crippen LogP contribution < -0.4 is 21.1 Å². The van der Waals surface area contributed by atoms with Crippen molar-refractivity contribution in [2.24, 2.45) is 5.73 Å². The van der Waals surface area contributed by atoms with Crippen LogP contribution in [0.2, 0.25) is 0 Å². The third-order valence-electron chi connectivity index (χ3n) is 6.51. The van der Waals surface area contributed by atoms with E-state index >= 15 is 0 Å². The molecule has 186 valence electrons. The van der Waals surface area contributed by atoms with Crippen molar-refractivity contribution in [3.63, 3.8) is 0 Å². The summed E-state index contributed by atoms with van der Waals surface area (Å²) in [6, 6.07) is 9.90. The lowest BCUT2D eigenvalue weighted by Gasteiger charge is -2.43. The van der Waals surface area contributed by atoms with Gasteiger partial charge in [-0.25, -0.2) is 4.79 Å². The van der Waals surface area contributed by atoms with Crippen LogP contribution in [0.5, 0.6) is 5.75 Å². The average Bonchev–Trinajstić information content (AvgIpc) is 2.90. The van der Waals surface area contributed by atoms with Gasteiger partial charge in [0.2, 0.25) is 0 Å². The van der Waals surface area contributed by atoms with E-state index < -0.39 is 12.2 Å². The molecule has 2 aromatic rings. The zero-order valence-electron chi connectivity index (χ0n) is 19.9. The molecule has 1 aliphatic heterocycles. The number of nitrogens with zero attached hydrogens (tertiary/aromatic N) is 3. The normalized spacial score (nSPS) is 22.3. The molecule has 1 atom stereocenters. The van der Waals surface area contributed by atoms with Crippen molar-refractivity contribution in [1.29, 1.82) is 0 Å². The molecule has 1 unspecified atom stereocenters. The summed E-state index contributed by atoms with van der Waals surface area (Å²) in [5.74, 6) is -0.0446. The molecule has 10 nitrogen and oxygen atoms in total. The fraction of sp³-hybridized carbons (Fsp3) is 0.440. The quantitative estimate of drug-likeness (QED) is 0.601. The smallest absolute Gasteiger partial charge is 0.323 e. The van der Waals surface area contributed by atoms with E-state index in [0.717, 1.165) is 25.7 Å². The SMILES string of the molecule is COc1ccc(NC(=O)N2CCCN(C(=O)c3cccnc3)C2C(=O)NC2CCC(N)CC2)cc1. The molecule has 0 bridgehead atoms. The van der Waals surface area contributed by atoms with Gasteiger partial charge >= 0.3 is 6.03 Å². The van der Waals surface area contributed by atoms with Crippen LogP contribution in [0.3, 0.4) is 0 Å². The number of benzene rings is 1. The predicted molar refractivity (Wildman–Crippen MR) is 131 cm³/mol. The monoisotopic (exact) mass is 480 g/mol. The van der Waals surface area contributed by atoms with Crippen molar-refractivity contribution in [3.8, 4) is 5.75 Å². The van der Waals surface area contributed by atoms with Gasteiger partial charge in [-0.3, -0.25) is 19.5 Å². The molecule has 4 amide bonds. The lowest BCUT2D eigenvalue weighted by atomic mass is 9.91. The first-order valence-electron chi connectivity index (χ1n) is 11.9. The molecule has 4 rings (SSSR count). The summed E-state index contributed by atoms with van der Waals surface area (Å²) in [7, 11) is 1.57. The summed E-state index contributed by atoms with van der Waals surface area (Å²) in [4.78, 5) is 47.1. The molecule has 1 saturated heterocycles. The summed E-state index contributed by atoms with van der Waals surface area (Å²) < 4.78 is 5.17. The maximum Gasteiger partial charge on any atom is 0.323 e. The zero-order chi connectivity index (χ0) is 24.8. The first-order valence-corrected chi connectivity index (χ1v) is 11.9. The van der Waals surface area contributed by atoms with E-state index in [4.69, 9.17) is 10.5 Å². The molecule has 2 fully saturated rings. The molecule has 2 aliphatic rings. The van der Waals surface area contributed by atoms with Crippen LogP contribution in [-0.2, 0) is 4.79 Å². The van der Waals surface area contributed by atoms with Crippen molar-refractivity contribution in [1.82, 2.24) is 20.1 Å². The molecule has 1 aromatic carbocycles. The van der Waals surface area contributed by atoms with E-state index in [1.807, 2.05) is 0 Å². The van der Waals surface area contributed by atoms with E-state index in [0.29, 0.717) is 36.5 Å². The third-order valence-corrected chi connectivity index (χ3v) is 6.51. The van der Waals surface area contributed by atoms with Crippen LogP contribution in [0.25, 0.3) is 0 Å². The van der Waals surface area contributed by atoms with Crippen molar-refractivity contribution in [2.75, 3.05) is 25.5 Å². The van der Waals surface area contributed by atoms with Gasteiger partial charge in [0.05, 0.1) is 12.7 Å². The standard InChI is InChI=1S/C25H32N6O4/c1-35-21-11-9-20(10-12-21)29-25(34)31-15-3-14-30(24(33)17-4-2-13-27-16-17)23(31)22(32)28-19-7-5-18(26)6-8-19/h2,4,9-13,16,18-19,23H,3,5-8,14-15,26H2,1H3,(H,28,32)(H,29,34). The lowest BCUT2D eigenvalue weighted by Crippen LogP contribution is -2.65. The fourth-order valence-electron chi connectivity index (χ4n) is 4.60. The highest BCUT2D eigenvalue weighted by molar-refractivity contribution is 6.00. The van der Waals surface area contributed by atoms with Crippen molar-refractivity contribution >= 4 is 23.5 Å². The number of carbonyl (C=O) groups is 3.